The quantitative estimate of drug-likeness (QED) is 0.784. The number of H-pyrrole nitrogens is 1. The van der Waals surface area contributed by atoms with Crippen LogP contribution in [0.15, 0.2) is 65.5 Å². The van der Waals surface area contributed by atoms with Crippen molar-refractivity contribution in [2.45, 2.75) is 27.3 Å². The zero-order chi connectivity index (χ0) is 18.0. The molecule has 0 spiro atoms. The Morgan fingerprint density at radius 2 is 1.64 bits per heavy atom. The minimum absolute atomic E-state index is 0.0220. The highest BCUT2D eigenvalue weighted by Crippen LogP contribution is 2.25. The second-order valence-electron chi connectivity index (χ2n) is 7.19. The van der Waals surface area contributed by atoms with Gasteiger partial charge >= 0.3 is 0 Å². The minimum Gasteiger partial charge on any atom is -0.322 e. The van der Waals surface area contributed by atoms with Crippen molar-refractivity contribution < 1.29 is 4.79 Å². The maximum Gasteiger partial charge on any atom is 0.253 e. The number of pyridine rings is 1. The number of carbonyl (C=O) groups is 1. The molecule has 4 nitrogen and oxygen atoms in total. The topological polar surface area (TPSA) is 53.2 Å². The fourth-order valence-electron chi connectivity index (χ4n) is 2.77. The third kappa shape index (κ3) is 3.63. The van der Waals surface area contributed by atoms with Crippen LogP contribution in [0.5, 0.6) is 0 Å². The molecule has 128 valence electrons. The van der Waals surface area contributed by atoms with Crippen LogP contribution in [0.1, 0.15) is 26.3 Å². The number of anilines is 1. The first-order valence-electron chi connectivity index (χ1n) is 8.34. The first-order valence-corrected chi connectivity index (χ1v) is 8.34. The van der Waals surface area contributed by atoms with E-state index >= 15 is 0 Å². The lowest BCUT2D eigenvalue weighted by Gasteiger charge is -2.29. The molecule has 0 unspecified atom stereocenters. The van der Waals surface area contributed by atoms with Crippen molar-refractivity contribution in [2.75, 3.05) is 4.90 Å². The van der Waals surface area contributed by atoms with Gasteiger partial charge in [0.15, 0.2) is 0 Å². The summed E-state index contributed by atoms with van der Waals surface area (Å²) in [5, 5.41) is 0.952. The van der Waals surface area contributed by atoms with Gasteiger partial charge in [0, 0.05) is 22.2 Å². The van der Waals surface area contributed by atoms with E-state index in [9.17, 15) is 9.59 Å². The molecule has 3 aromatic rings. The van der Waals surface area contributed by atoms with Gasteiger partial charge in [-0.1, -0.05) is 57.2 Å². The molecule has 0 saturated heterocycles. The van der Waals surface area contributed by atoms with Gasteiger partial charge in [-0.2, -0.15) is 0 Å². The maximum atomic E-state index is 13.0. The zero-order valence-corrected chi connectivity index (χ0v) is 14.7. The van der Waals surface area contributed by atoms with Crippen molar-refractivity contribution in [3.05, 3.63) is 76.6 Å². The molecule has 0 atom stereocenters. The third-order valence-corrected chi connectivity index (χ3v) is 4.11. The van der Waals surface area contributed by atoms with Crippen molar-refractivity contribution in [2.24, 2.45) is 5.41 Å². The number of nitrogens with zero attached hydrogens (tertiary/aromatic N) is 1. The second kappa shape index (κ2) is 6.55. The Kier molecular flexibility index (Phi) is 4.45. The maximum absolute atomic E-state index is 13.0. The Labute approximate surface area is 147 Å². The molecule has 0 aliphatic heterocycles. The van der Waals surface area contributed by atoms with Crippen LogP contribution in [0.4, 0.5) is 5.69 Å². The van der Waals surface area contributed by atoms with E-state index in [1.54, 1.807) is 4.90 Å². The van der Waals surface area contributed by atoms with Gasteiger partial charge in [0.2, 0.25) is 5.91 Å². The largest absolute Gasteiger partial charge is 0.322 e. The smallest absolute Gasteiger partial charge is 0.253 e. The number of para-hydroxylation sites is 2. The van der Waals surface area contributed by atoms with E-state index in [2.05, 4.69) is 4.98 Å². The van der Waals surface area contributed by atoms with E-state index in [4.69, 9.17) is 0 Å². The van der Waals surface area contributed by atoms with Gasteiger partial charge in [-0.05, 0) is 29.7 Å². The highest BCUT2D eigenvalue weighted by atomic mass is 16.2. The van der Waals surface area contributed by atoms with Gasteiger partial charge in [0.1, 0.15) is 0 Å². The fourth-order valence-corrected chi connectivity index (χ4v) is 2.77. The summed E-state index contributed by atoms with van der Waals surface area (Å²) in [6, 6.07) is 19.0. The monoisotopic (exact) mass is 334 g/mol. The zero-order valence-electron chi connectivity index (χ0n) is 14.7. The number of aromatic amines is 1. The SMILES string of the molecule is CC(C)(C)C(=O)N(Cc1cc2ccccc2[nH]c1=O)c1ccccc1. The van der Waals surface area contributed by atoms with Gasteiger partial charge < -0.3 is 9.88 Å². The van der Waals surface area contributed by atoms with E-state index < -0.39 is 5.41 Å². The lowest BCUT2D eigenvalue weighted by Crippen LogP contribution is -2.40. The molecular formula is C21H22N2O2. The van der Waals surface area contributed by atoms with Crippen LogP contribution in [-0.2, 0) is 11.3 Å². The Morgan fingerprint density at radius 3 is 2.32 bits per heavy atom. The summed E-state index contributed by atoms with van der Waals surface area (Å²) in [5.41, 5.74) is 1.44. The molecular weight excluding hydrogens is 312 g/mol. The van der Waals surface area contributed by atoms with Crippen LogP contribution in [0, 0.1) is 5.41 Å². The van der Waals surface area contributed by atoms with Crippen molar-refractivity contribution in [3.8, 4) is 0 Å². The number of benzene rings is 2. The molecule has 25 heavy (non-hydrogen) atoms. The average molecular weight is 334 g/mol. The summed E-state index contributed by atoms with van der Waals surface area (Å²) >= 11 is 0. The predicted octanol–water partition coefficient (Wildman–Crippen LogP) is 4.11. The molecule has 0 fully saturated rings. The molecule has 0 bridgehead atoms. The third-order valence-electron chi connectivity index (χ3n) is 4.11. The number of hydrogen-bond acceptors (Lipinski definition) is 2. The number of fused-ring (bicyclic) bond motifs is 1. The van der Waals surface area contributed by atoms with Crippen molar-refractivity contribution >= 4 is 22.5 Å². The van der Waals surface area contributed by atoms with Crippen LogP contribution in [0.2, 0.25) is 0 Å². The highest BCUT2D eigenvalue weighted by Gasteiger charge is 2.28. The second-order valence-corrected chi connectivity index (χ2v) is 7.19. The molecule has 0 aliphatic rings. The van der Waals surface area contributed by atoms with Gasteiger partial charge in [-0.25, -0.2) is 0 Å². The molecule has 1 amide bonds. The molecule has 3 rings (SSSR count). The number of nitrogens with one attached hydrogen (secondary N) is 1. The van der Waals surface area contributed by atoms with E-state index in [0.717, 1.165) is 16.6 Å². The normalized spacial score (nSPS) is 11.5. The minimum atomic E-state index is -0.542. The summed E-state index contributed by atoms with van der Waals surface area (Å²) in [5.74, 6) is -0.0220. The van der Waals surface area contributed by atoms with Crippen molar-refractivity contribution in [1.29, 1.82) is 0 Å². The molecule has 0 saturated carbocycles. The van der Waals surface area contributed by atoms with Crippen LogP contribution in [0.3, 0.4) is 0 Å². The molecule has 1 aromatic heterocycles. The highest BCUT2D eigenvalue weighted by molar-refractivity contribution is 5.96. The van der Waals surface area contributed by atoms with Crippen molar-refractivity contribution in [3.63, 3.8) is 0 Å². The van der Waals surface area contributed by atoms with Crippen LogP contribution >= 0.6 is 0 Å². The summed E-state index contributed by atoms with van der Waals surface area (Å²) in [6.07, 6.45) is 0. The summed E-state index contributed by atoms with van der Waals surface area (Å²) in [4.78, 5) is 30.0. The van der Waals surface area contributed by atoms with Crippen LogP contribution in [-0.4, -0.2) is 10.9 Å². The van der Waals surface area contributed by atoms with Gasteiger partial charge in [-0.15, -0.1) is 0 Å². The van der Waals surface area contributed by atoms with E-state index in [0.29, 0.717) is 5.56 Å². The first-order chi connectivity index (χ1) is 11.9. The lowest BCUT2D eigenvalue weighted by molar-refractivity contribution is -0.125. The standard InChI is InChI=1S/C21H22N2O2/c1-21(2,3)20(25)23(17-10-5-4-6-11-17)14-16-13-15-9-7-8-12-18(15)22-19(16)24/h4-13H,14H2,1-3H3,(H,22,24). The van der Waals surface area contributed by atoms with Gasteiger partial charge in [0.05, 0.1) is 6.54 Å². The van der Waals surface area contributed by atoms with Crippen molar-refractivity contribution in [1.82, 2.24) is 4.98 Å². The average Bonchev–Trinajstić information content (AvgIpc) is 2.59. The number of aromatic nitrogens is 1. The Balaban J connectivity index is 2.05. The first kappa shape index (κ1) is 17.0. The molecule has 0 aliphatic carbocycles. The molecule has 1 heterocycles. The molecule has 1 N–H and O–H groups in total. The van der Waals surface area contributed by atoms with E-state index in [1.807, 2.05) is 81.4 Å². The summed E-state index contributed by atoms with van der Waals surface area (Å²) < 4.78 is 0. The summed E-state index contributed by atoms with van der Waals surface area (Å²) in [7, 11) is 0. The van der Waals surface area contributed by atoms with Gasteiger partial charge in [0.25, 0.3) is 5.56 Å². The fraction of sp³-hybridized carbons (Fsp3) is 0.238. The summed E-state index contributed by atoms with van der Waals surface area (Å²) in [6.45, 7) is 5.89. The number of hydrogen-bond donors (Lipinski definition) is 1. The Morgan fingerprint density at radius 1 is 1.00 bits per heavy atom. The van der Waals surface area contributed by atoms with Gasteiger partial charge in [-0.3, -0.25) is 9.59 Å². The molecule has 2 aromatic carbocycles. The molecule has 0 radical (unpaired) electrons. The van der Waals surface area contributed by atoms with E-state index in [1.165, 1.54) is 0 Å². The molecule has 4 heteroatoms. The number of carbonyl (C=O) groups excluding carboxylic acids is 1. The number of rotatable bonds is 3. The van der Waals surface area contributed by atoms with Crippen LogP contribution in [0.25, 0.3) is 10.9 Å². The Hall–Kier alpha value is -2.88. The van der Waals surface area contributed by atoms with E-state index in [-0.39, 0.29) is 18.0 Å². The van der Waals surface area contributed by atoms with Crippen LogP contribution < -0.4 is 10.5 Å². The number of amides is 1. The predicted molar refractivity (Wildman–Crippen MR) is 102 cm³/mol. The lowest BCUT2D eigenvalue weighted by atomic mass is 9.94. The Bertz CT molecular complexity index is 953.